The van der Waals surface area contributed by atoms with Gasteiger partial charge in [0.15, 0.2) is 0 Å². The molecule has 68 valence electrons. The highest BCUT2D eigenvalue weighted by atomic mass is 32.1. The summed E-state index contributed by atoms with van der Waals surface area (Å²) in [5.74, 6) is 6.63. The molecule has 0 aliphatic rings. The molecular formula is C10H12N2S. The molecule has 2 nitrogen and oxygen atoms in total. The first kappa shape index (κ1) is 9.94. The van der Waals surface area contributed by atoms with Gasteiger partial charge in [-0.2, -0.15) is 12.6 Å². The maximum atomic E-state index is 5.69. The molecule has 1 rings (SSSR count). The molecule has 0 aliphatic heterocycles. The predicted molar refractivity (Wildman–Crippen MR) is 58.7 cm³/mol. The van der Waals surface area contributed by atoms with Crippen molar-refractivity contribution < 1.29 is 0 Å². The number of aromatic nitrogens is 1. The summed E-state index contributed by atoms with van der Waals surface area (Å²) in [5, 5.41) is 0. The number of rotatable bonds is 1. The van der Waals surface area contributed by atoms with Crippen molar-refractivity contribution in [1.29, 1.82) is 0 Å². The molecule has 0 atom stereocenters. The largest absolute Gasteiger partial charge is 0.396 e. The molecule has 0 fully saturated rings. The molecule has 1 heterocycles. The van der Waals surface area contributed by atoms with Crippen molar-refractivity contribution in [2.45, 2.75) is 13.3 Å². The number of nitrogens with two attached hydrogens (primary N) is 1. The fourth-order valence-electron chi connectivity index (χ4n) is 0.870. The predicted octanol–water partition coefficient (Wildman–Crippen LogP) is 1.64. The van der Waals surface area contributed by atoms with Crippen LogP contribution in [0.3, 0.4) is 0 Å². The summed E-state index contributed by atoms with van der Waals surface area (Å²) in [4.78, 5) is 4.22. The lowest BCUT2D eigenvalue weighted by molar-refractivity contribution is 1.18. The highest BCUT2D eigenvalue weighted by molar-refractivity contribution is 7.80. The van der Waals surface area contributed by atoms with E-state index in [1.807, 2.05) is 19.1 Å². The van der Waals surface area contributed by atoms with Gasteiger partial charge in [0.2, 0.25) is 0 Å². The zero-order valence-electron chi connectivity index (χ0n) is 7.54. The molecule has 0 saturated carbocycles. The van der Waals surface area contributed by atoms with Crippen LogP contribution in [-0.2, 0) is 0 Å². The Morgan fingerprint density at radius 1 is 1.54 bits per heavy atom. The molecule has 3 heteroatoms. The molecule has 0 amide bonds. The first-order valence-electron chi connectivity index (χ1n) is 4.07. The van der Waals surface area contributed by atoms with Gasteiger partial charge >= 0.3 is 0 Å². The summed E-state index contributed by atoms with van der Waals surface area (Å²) in [7, 11) is 0. The SMILES string of the molecule is Cc1ccc(N)c(C#CCCS)n1. The molecule has 0 spiro atoms. The summed E-state index contributed by atoms with van der Waals surface area (Å²) < 4.78 is 0. The first-order valence-corrected chi connectivity index (χ1v) is 4.70. The minimum absolute atomic E-state index is 0.636. The number of aryl methyl sites for hydroxylation is 1. The second-order valence-corrected chi connectivity index (χ2v) is 3.11. The average molecular weight is 192 g/mol. The minimum Gasteiger partial charge on any atom is -0.396 e. The normalized spacial score (nSPS) is 9.08. The van der Waals surface area contributed by atoms with Crippen LogP contribution in [0, 0.1) is 18.8 Å². The van der Waals surface area contributed by atoms with Crippen LogP contribution in [0.2, 0.25) is 0 Å². The van der Waals surface area contributed by atoms with Gasteiger partial charge in [0, 0.05) is 17.9 Å². The van der Waals surface area contributed by atoms with Crippen molar-refractivity contribution in [1.82, 2.24) is 4.98 Å². The number of pyridine rings is 1. The molecule has 2 N–H and O–H groups in total. The van der Waals surface area contributed by atoms with Gasteiger partial charge in [0.05, 0.1) is 5.69 Å². The Kier molecular flexibility index (Phi) is 3.66. The number of anilines is 1. The van der Waals surface area contributed by atoms with Crippen LogP contribution >= 0.6 is 12.6 Å². The maximum absolute atomic E-state index is 5.69. The molecule has 1 aromatic rings. The Morgan fingerprint density at radius 3 is 3.00 bits per heavy atom. The van der Waals surface area contributed by atoms with Crippen molar-refractivity contribution in [3.63, 3.8) is 0 Å². The zero-order valence-corrected chi connectivity index (χ0v) is 8.44. The monoisotopic (exact) mass is 192 g/mol. The third kappa shape index (κ3) is 3.00. The quantitative estimate of drug-likeness (QED) is 0.524. The van der Waals surface area contributed by atoms with Crippen LogP contribution in [0.5, 0.6) is 0 Å². The van der Waals surface area contributed by atoms with Gasteiger partial charge in [-0.05, 0) is 25.0 Å². The van der Waals surface area contributed by atoms with Gasteiger partial charge in [-0.25, -0.2) is 4.98 Å². The molecule has 0 aliphatic carbocycles. The van der Waals surface area contributed by atoms with Crippen molar-refractivity contribution in [3.8, 4) is 11.8 Å². The standard InChI is InChI=1S/C10H12N2S/c1-8-5-6-9(11)10(12-8)4-2-3-7-13/h5-6,13H,3,7,11H2,1H3. The molecular weight excluding hydrogens is 180 g/mol. The minimum atomic E-state index is 0.636. The molecule has 0 aromatic carbocycles. The van der Waals surface area contributed by atoms with Crippen molar-refractivity contribution in [2.75, 3.05) is 11.5 Å². The number of hydrogen-bond acceptors (Lipinski definition) is 3. The third-order valence-corrected chi connectivity index (χ3v) is 1.73. The Hall–Kier alpha value is -1.14. The maximum Gasteiger partial charge on any atom is 0.136 e. The Bertz CT molecular complexity index is 350. The summed E-state index contributed by atoms with van der Waals surface area (Å²) >= 11 is 4.06. The van der Waals surface area contributed by atoms with Gasteiger partial charge in [0.1, 0.15) is 5.69 Å². The van der Waals surface area contributed by atoms with Gasteiger partial charge in [-0.1, -0.05) is 5.92 Å². The average Bonchev–Trinajstić information content (AvgIpc) is 2.11. The van der Waals surface area contributed by atoms with E-state index in [9.17, 15) is 0 Å². The van der Waals surface area contributed by atoms with Crippen LogP contribution in [0.4, 0.5) is 5.69 Å². The van der Waals surface area contributed by atoms with Gasteiger partial charge < -0.3 is 5.73 Å². The van der Waals surface area contributed by atoms with E-state index in [0.717, 1.165) is 17.9 Å². The first-order chi connectivity index (χ1) is 6.24. The molecule has 1 aromatic heterocycles. The fraction of sp³-hybridized carbons (Fsp3) is 0.300. The van der Waals surface area contributed by atoms with Crippen LogP contribution < -0.4 is 5.73 Å². The van der Waals surface area contributed by atoms with Crippen LogP contribution in [-0.4, -0.2) is 10.7 Å². The van der Waals surface area contributed by atoms with E-state index in [-0.39, 0.29) is 0 Å². The Labute approximate surface area is 84.0 Å². The smallest absolute Gasteiger partial charge is 0.136 e. The number of thiol groups is 1. The van der Waals surface area contributed by atoms with E-state index in [0.29, 0.717) is 11.4 Å². The van der Waals surface area contributed by atoms with Crippen LogP contribution in [0.15, 0.2) is 12.1 Å². The number of hydrogen-bond donors (Lipinski definition) is 2. The highest BCUT2D eigenvalue weighted by Gasteiger charge is 1.95. The van der Waals surface area contributed by atoms with Crippen molar-refractivity contribution >= 4 is 18.3 Å². The summed E-state index contributed by atoms with van der Waals surface area (Å²) in [6, 6.07) is 3.70. The Balaban J connectivity index is 2.89. The molecule has 0 bridgehead atoms. The molecule has 0 radical (unpaired) electrons. The molecule has 0 saturated heterocycles. The second-order valence-electron chi connectivity index (χ2n) is 2.67. The van der Waals surface area contributed by atoms with Gasteiger partial charge in [-0.15, -0.1) is 0 Å². The molecule has 0 unspecified atom stereocenters. The van der Waals surface area contributed by atoms with E-state index in [2.05, 4.69) is 29.5 Å². The summed E-state index contributed by atoms with van der Waals surface area (Å²) in [6.45, 7) is 1.92. The third-order valence-electron chi connectivity index (χ3n) is 1.51. The van der Waals surface area contributed by atoms with E-state index in [1.54, 1.807) is 0 Å². The van der Waals surface area contributed by atoms with Crippen molar-refractivity contribution in [3.05, 3.63) is 23.5 Å². The van der Waals surface area contributed by atoms with E-state index < -0.39 is 0 Å². The van der Waals surface area contributed by atoms with Gasteiger partial charge in [0.25, 0.3) is 0 Å². The second kappa shape index (κ2) is 4.78. The Morgan fingerprint density at radius 2 is 2.31 bits per heavy atom. The fourth-order valence-corrected chi connectivity index (χ4v) is 0.982. The number of nitrogens with zero attached hydrogens (tertiary/aromatic N) is 1. The summed E-state index contributed by atoms with van der Waals surface area (Å²) in [6.07, 6.45) is 0.762. The van der Waals surface area contributed by atoms with E-state index in [1.165, 1.54) is 0 Å². The van der Waals surface area contributed by atoms with Gasteiger partial charge in [-0.3, -0.25) is 0 Å². The lowest BCUT2D eigenvalue weighted by Gasteiger charge is -1.97. The molecule has 13 heavy (non-hydrogen) atoms. The van der Waals surface area contributed by atoms with Crippen molar-refractivity contribution in [2.24, 2.45) is 0 Å². The number of nitrogen functional groups attached to an aromatic ring is 1. The van der Waals surface area contributed by atoms with E-state index in [4.69, 9.17) is 5.73 Å². The highest BCUT2D eigenvalue weighted by Crippen LogP contribution is 2.07. The lowest BCUT2D eigenvalue weighted by atomic mass is 10.2. The zero-order chi connectivity index (χ0) is 9.68. The topological polar surface area (TPSA) is 38.9 Å². The van der Waals surface area contributed by atoms with E-state index >= 15 is 0 Å². The lowest BCUT2D eigenvalue weighted by Crippen LogP contribution is -1.94. The summed E-state index contributed by atoms with van der Waals surface area (Å²) in [5.41, 5.74) is 7.93. The van der Waals surface area contributed by atoms with Crippen LogP contribution in [0.1, 0.15) is 17.8 Å². The van der Waals surface area contributed by atoms with Crippen LogP contribution in [0.25, 0.3) is 0 Å².